The van der Waals surface area contributed by atoms with E-state index in [1.807, 2.05) is 19.1 Å². The van der Waals surface area contributed by atoms with E-state index in [1.54, 1.807) is 0 Å². The number of rotatable bonds is 4. The topological polar surface area (TPSA) is 9.23 Å². The van der Waals surface area contributed by atoms with Crippen molar-refractivity contribution in [1.82, 2.24) is 0 Å². The van der Waals surface area contributed by atoms with Crippen molar-refractivity contribution in [2.75, 3.05) is 6.61 Å². The van der Waals surface area contributed by atoms with E-state index in [9.17, 15) is 0 Å². The van der Waals surface area contributed by atoms with Gasteiger partial charge in [-0.15, -0.1) is 0 Å². The molecule has 1 atom stereocenters. The van der Waals surface area contributed by atoms with E-state index in [1.165, 1.54) is 16.7 Å². The van der Waals surface area contributed by atoms with Gasteiger partial charge in [0.1, 0.15) is 5.75 Å². The Labute approximate surface area is 145 Å². The highest BCUT2D eigenvalue weighted by atomic mass is 79.9. The van der Waals surface area contributed by atoms with Gasteiger partial charge < -0.3 is 4.74 Å². The van der Waals surface area contributed by atoms with Gasteiger partial charge in [-0.25, -0.2) is 0 Å². The number of ether oxygens (including phenoxy) is 1. The minimum Gasteiger partial charge on any atom is -0.494 e. The van der Waals surface area contributed by atoms with E-state index in [0.717, 1.165) is 14.7 Å². The van der Waals surface area contributed by atoms with Crippen LogP contribution in [0.3, 0.4) is 0 Å². The van der Waals surface area contributed by atoms with Crippen molar-refractivity contribution in [2.24, 2.45) is 0 Å². The molecule has 0 saturated heterocycles. The Bertz CT molecular complexity index is 611. The average Bonchev–Trinajstić information content (AvgIpc) is 2.42. The molecule has 1 unspecified atom stereocenters. The van der Waals surface area contributed by atoms with Crippen LogP contribution in [0.15, 0.2) is 45.3 Å². The Kier molecular flexibility index (Phi) is 5.70. The molecule has 0 aliphatic heterocycles. The van der Waals surface area contributed by atoms with E-state index in [-0.39, 0.29) is 4.83 Å². The molecule has 0 saturated carbocycles. The lowest BCUT2D eigenvalue weighted by molar-refractivity contribution is 0.340. The van der Waals surface area contributed by atoms with Crippen LogP contribution >= 0.6 is 47.8 Å². The molecule has 0 aromatic heterocycles. The van der Waals surface area contributed by atoms with Crippen molar-refractivity contribution in [3.05, 3.63) is 62.0 Å². The second-order valence-electron chi connectivity index (χ2n) is 4.49. The van der Waals surface area contributed by atoms with Crippen LogP contribution < -0.4 is 4.74 Å². The van der Waals surface area contributed by atoms with Crippen LogP contribution in [-0.2, 0) is 0 Å². The summed E-state index contributed by atoms with van der Waals surface area (Å²) in [6, 6.07) is 12.5. The summed E-state index contributed by atoms with van der Waals surface area (Å²) in [5, 5.41) is 0. The summed E-state index contributed by atoms with van der Waals surface area (Å²) < 4.78 is 7.68. The summed E-state index contributed by atoms with van der Waals surface area (Å²) in [6.45, 7) is 4.75. The Morgan fingerprint density at radius 2 is 1.80 bits per heavy atom. The Hall–Kier alpha value is -0.320. The maximum absolute atomic E-state index is 5.51. The van der Waals surface area contributed by atoms with Crippen molar-refractivity contribution in [2.45, 2.75) is 18.7 Å². The summed E-state index contributed by atoms with van der Waals surface area (Å²) >= 11 is 11.0. The molecule has 4 heteroatoms. The highest BCUT2D eigenvalue weighted by molar-refractivity contribution is 9.11. The molecular weight excluding hydrogens is 448 g/mol. The molecule has 0 aliphatic carbocycles. The summed E-state index contributed by atoms with van der Waals surface area (Å²) in [5.41, 5.74) is 3.63. The molecule has 2 rings (SSSR count). The fourth-order valence-electron chi connectivity index (χ4n) is 1.92. The first kappa shape index (κ1) is 16.1. The molecule has 0 amide bonds. The molecule has 106 valence electrons. The summed E-state index contributed by atoms with van der Waals surface area (Å²) in [5.74, 6) is 0.882. The van der Waals surface area contributed by atoms with E-state index < -0.39 is 0 Å². The van der Waals surface area contributed by atoms with Crippen LogP contribution in [0.1, 0.15) is 28.4 Å². The zero-order valence-electron chi connectivity index (χ0n) is 11.3. The maximum atomic E-state index is 5.51. The largest absolute Gasteiger partial charge is 0.494 e. The molecule has 20 heavy (non-hydrogen) atoms. The van der Waals surface area contributed by atoms with Crippen LogP contribution in [0.2, 0.25) is 0 Å². The van der Waals surface area contributed by atoms with Gasteiger partial charge in [0.25, 0.3) is 0 Å². The zero-order chi connectivity index (χ0) is 14.7. The minimum absolute atomic E-state index is 0.143. The molecule has 0 N–H and O–H groups in total. The fourth-order valence-corrected chi connectivity index (χ4v) is 3.89. The number of benzene rings is 2. The van der Waals surface area contributed by atoms with E-state index in [2.05, 4.69) is 79.0 Å². The predicted octanol–water partition coefficient (Wildman–Crippen LogP) is 6.40. The lowest BCUT2D eigenvalue weighted by atomic mass is 10.0. The van der Waals surface area contributed by atoms with Gasteiger partial charge in [-0.05, 0) is 48.7 Å². The third-order valence-electron chi connectivity index (χ3n) is 3.04. The molecular formula is C16H15Br3O. The highest BCUT2D eigenvalue weighted by Gasteiger charge is 2.15. The first-order valence-corrected chi connectivity index (χ1v) is 8.85. The third kappa shape index (κ3) is 3.66. The van der Waals surface area contributed by atoms with Gasteiger partial charge in [-0.1, -0.05) is 66.0 Å². The molecule has 0 spiro atoms. The summed E-state index contributed by atoms with van der Waals surface area (Å²) in [6.07, 6.45) is 0. The first-order valence-electron chi connectivity index (χ1n) is 6.35. The standard InChI is InChI=1S/C16H15Br3O/c1-3-20-12-6-7-13(15(18)9-12)16(19)11-5-4-10(2)14(17)8-11/h4-9,16H,3H2,1-2H3. The van der Waals surface area contributed by atoms with Crippen LogP contribution in [0.4, 0.5) is 0 Å². The average molecular weight is 463 g/mol. The summed E-state index contributed by atoms with van der Waals surface area (Å²) in [4.78, 5) is 0.143. The normalized spacial score (nSPS) is 12.2. The van der Waals surface area contributed by atoms with Gasteiger partial charge in [0.15, 0.2) is 0 Å². The fraction of sp³-hybridized carbons (Fsp3) is 0.250. The van der Waals surface area contributed by atoms with Gasteiger partial charge in [0.05, 0.1) is 11.4 Å². The second kappa shape index (κ2) is 7.10. The molecule has 0 heterocycles. The van der Waals surface area contributed by atoms with Gasteiger partial charge in [-0.3, -0.25) is 0 Å². The van der Waals surface area contributed by atoms with Crippen LogP contribution in [0.25, 0.3) is 0 Å². The Morgan fingerprint density at radius 3 is 2.40 bits per heavy atom. The molecule has 0 bridgehead atoms. The molecule has 1 nitrogen and oxygen atoms in total. The van der Waals surface area contributed by atoms with E-state index >= 15 is 0 Å². The predicted molar refractivity (Wildman–Crippen MR) is 95.0 cm³/mol. The lowest BCUT2D eigenvalue weighted by Crippen LogP contribution is -1.97. The quantitative estimate of drug-likeness (QED) is 0.477. The highest BCUT2D eigenvalue weighted by Crippen LogP contribution is 2.38. The third-order valence-corrected chi connectivity index (χ3v) is 5.61. The number of aryl methyl sites for hydroxylation is 1. The molecule has 0 aliphatic rings. The van der Waals surface area contributed by atoms with Crippen molar-refractivity contribution >= 4 is 47.8 Å². The molecule has 2 aromatic rings. The van der Waals surface area contributed by atoms with Crippen molar-refractivity contribution in [1.29, 1.82) is 0 Å². The zero-order valence-corrected chi connectivity index (χ0v) is 16.0. The number of alkyl halides is 1. The second-order valence-corrected chi connectivity index (χ2v) is 7.11. The minimum atomic E-state index is 0.143. The number of hydrogen-bond acceptors (Lipinski definition) is 1. The van der Waals surface area contributed by atoms with E-state index in [0.29, 0.717) is 6.61 Å². The summed E-state index contributed by atoms with van der Waals surface area (Å²) in [7, 11) is 0. The van der Waals surface area contributed by atoms with Crippen LogP contribution in [0.5, 0.6) is 5.75 Å². The number of hydrogen-bond donors (Lipinski definition) is 0. The lowest BCUT2D eigenvalue weighted by Gasteiger charge is -2.15. The molecule has 2 aromatic carbocycles. The first-order chi connectivity index (χ1) is 9.52. The Balaban J connectivity index is 2.32. The smallest absolute Gasteiger partial charge is 0.120 e. The van der Waals surface area contributed by atoms with Crippen molar-refractivity contribution < 1.29 is 4.74 Å². The monoisotopic (exact) mass is 460 g/mol. The van der Waals surface area contributed by atoms with Crippen LogP contribution in [-0.4, -0.2) is 6.61 Å². The van der Waals surface area contributed by atoms with Gasteiger partial charge in [-0.2, -0.15) is 0 Å². The van der Waals surface area contributed by atoms with Crippen molar-refractivity contribution in [3.63, 3.8) is 0 Å². The number of halogens is 3. The van der Waals surface area contributed by atoms with Crippen LogP contribution in [0, 0.1) is 6.92 Å². The SMILES string of the molecule is CCOc1ccc(C(Br)c2ccc(C)c(Br)c2)c(Br)c1. The molecule has 0 radical (unpaired) electrons. The van der Waals surface area contributed by atoms with Gasteiger partial charge in [0, 0.05) is 8.95 Å². The maximum Gasteiger partial charge on any atom is 0.120 e. The van der Waals surface area contributed by atoms with Gasteiger partial charge in [0.2, 0.25) is 0 Å². The van der Waals surface area contributed by atoms with Crippen molar-refractivity contribution in [3.8, 4) is 5.75 Å². The van der Waals surface area contributed by atoms with Gasteiger partial charge >= 0.3 is 0 Å². The Morgan fingerprint density at radius 1 is 1.05 bits per heavy atom. The van der Waals surface area contributed by atoms with E-state index in [4.69, 9.17) is 4.74 Å². The molecule has 0 fully saturated rings.